The summed E-state index contributed by atoms with van der Waals surface area (Å²) in [6.07, 6.45) is 7.26. The summed E-state index contributed by atoms with van der Waals surface area (Å²) < 4.78 is 0. The zero-order valence-corrected chi connectivity index (χ0v) is 18.6. The molecule has 0 bridgehead atoms. The number of fused-ring (bicyclic) bond motifs is 3. The number of carbonyl (C=O) groups is 2. The second-order valence-electron chi connectivity index (χ2n) is 7.81. The first kappa shape index (κ1) is 19.5. The van der Waals surface area contributed by atoms with Crippen molar-refractivity contribution in [3.8, 4) is 11.1 Å². The predicted molar refractivity (Wildman–Crippen MR) is 125 cm³/mol. The van der Waals surface area contributed by atoms with Crippen molar-refractivity contribution in [2.24, 2.45) is 0 Å². The molecule has 1 aliphatic carbocycles. The Balaban J connectivity index is 1.86. The molecule has 1 aromatic carbocycles. The average molecular weight is 435 g/mol. The average Bonchev–Trinajstić information content (AvgIpc) is 3.27. The lowest BCUT2D eigenvalue weighted by Crippen LogP contribution is -2.17. The molecule has 1 fully saturated rings. The van der Waals surface area contributed by atoms with Gasteiger partial charge in [-0.3, -0.25) is 14.9 Å². The Kier molecular flexibility index (Phi) is 4.99. The summed E-state index contributed by atoms with van der Waals surface area (Å²) in [6, 6.07) is 8.57. The SMILES string of the molecule is CCc1nc2sc3c(c2c(-c2ccc(C)cc2)c1/C=C1/SC(=O)NC1=O)CCCC3. The summed E-state index contributed by atoms with van der Waals surface area (Å²) in [5.41, 5.74) is 6.85. The van der Waals surface area contributed by atoms with E-state index in [1.807, 2.05) is 17.4 Å². The zero-order valence-electron chi connectivity index (χ0n) is 17.0. The number of thioether (sulfide) groups is 1. The van der Waals surface area contributed by atoms with E-state index in [9.17, 15) is 9.59 Å². The fraction of sp³-hybridized carbons (Fsp3) is 0.292. The van der Waals surface area contributed by atoms with Crippen LogP contribution in [0.25, 0.3) is 27.4 Å². The summed E-state index contributed by atoms with van der Waals surface area (Å²) in [7, 11) is 0. The lowest BCUT2D eigenvalue weighted by atomic mass is 9.89. The molecule has 1 saturated heterocycles. The topological polar surface area (TPSA) is 59.1 Å². The largest absolute Gasteiger partial charge is 0.290 e. The number of benzene rings is 1. The summed E-state index contributed by atoms with van der Waals surface area (Å²) in [5.74, 6) is -0.325. The fourth-order valence-electron chi connectivity index (χ4n) is 4.35. The van der Waals surface area contributed by atoms with Crippen LogP contribution in [0.3, 0.4) is 0 Å². The number of thiophene rings is 1. The highest BCUT2D eigenvalue weighted by Gasteiger charge is 2.28. The van der Waals surface area contributed by atoms with Crippen LogP contribution < -0.4 is 5.32 Å². The van der Waals surface area contributed by atoms with Crippen molar-refractivity contribution in [3.63, 3.8) is 0 Å². The van der Waals surface area contributed by atoms with Crippen LogP contribution in [0.4, 0.5) is 4.79 Å². The van der Waals surface area contributed by atoms with E-state index in [4.69, 9.17) is 4.98 Å². The monoisotopic (exact) mass is 434 g/mol. The van der Waals surface area contributed by atoms with Gasteiger partial charge < -0.3 is 0 Å². The van der Waals surface area contributed by atoms with Gasteiger partial charge in [0.05, 0.1) is 4.91 Å². The number of carbonyl (C=O) groups excluding carboxylic acids is 2. The molecule has 5 rings (SSSR count). The first-order valence-corrected chi connectivity index (χ1v) is 12.0. The first-order chi connectivity index (χ1) is 14.5. The fourth-order valence-corrected chi connectivity index (χ4v) is 6.30. The van der Waals surface area contributed by atoms with Gasteiger partial charge in [0.2, 0.25) is 0 Å². The van der Waals surface area contributed by atoms with Gasteiger partial charge in [-0.1, -0.05) is 36.8 Å². The van der Waals surface area contributed by atoms with Crippen molar-refractivity contribution in [1.82, 2.24) is 10.3 Å². The summed E-state index contributed by atoms with van der Waals surface area (Å²) in [5, 5.41) is 3.29. The number of aromatic nitrogens is 1. The van der Waals surface area contributed by atoms with Crippen molar-refractivity contribution >= 4 is 50.5 Å². The van der Waals surface area contributed by atoms with E-state index in [2.05, 4.69) is 43.4 Å². The Labute approximate surface area is 183 Å². The molecule has 1 N–H and O–H groups in total. The second-order valence-corrected chi connectivity index (χ2v) is 9.91. The highest BCUT2D eigenvalue weighted by Crippen LogP contribution is 2.44. The Morgan fingerprint density at radius 3 is 2.60 bits per heavy atom. The minimum Gasteiger partial charge on any atom is -0.282 e. The van der Waals surface area contributed by atoms with Gasteiger partial charge in [0.15, 0.2) is 0 Å². The van der Waals surface area contributed by atoms with Crippen LogP contribution in [0.5, 0.6) is 0 Å². The molecular formula is C24H22N2O2S2. The number of amides is 2. The molecule has 1 aliphatic heterocycles. The lowest BCUT2D eigenvalue weighted by molar-refractivity contribution is -0.115. The normalized spacial score (nSPS) is 17.6. The van der Waals surface area contributed by atoms with Gasteiger partial charge in [-0.25, -0.2) is 4.98 Å². The maximum absolute atomic E-state index is 12.3. The molecule has 0 unspecified atom stereocenters. The van der Waals surface area contributed by atoms with E-state index in [-0.39, 0.29) is 11.1 Å². The van der Waals surface area contributed by atoms with Crippen molar-refractivity contribution in [1.29, 1.82) is 0 Å². The number of hydrogen-bond donors (Lipinski definition) is 1. The lowest BCUT2D eigenvalue weighted by Gasteiger charge is -2.16. The third kappa shape index (κ3) is 3.28. The van der Waals surface area contributed by atoms with Gasteiger partial charge >= 0.3 is 0 Å². The van der Waals surface area contributed by atoms with Gasteiger partial charge in [-0.2, -0.15) is 0 Å². The highest BCUT2D eigenvalue weighted by molar-refractivity contribution is 8.18. The summed E-state index contributed by atoms with van der Waals surface area (Å²) in [6.45, 7) is 4.18. The quantitative estimate of drug-likeness (QED) is 0.511. The van der Waals surface area contributed by atoms with Crippen LogP contribution in [0.1, 0.15) is 47.0 Å². The zero-order chi connectivity index (χ0) is 20.8. The third-order valence-electron chi connectivity index (χ3n) is 5.81. The third-order valence-corrected chi connectivity index (χ3v) is 7.81. The Bertz CT molecular complexity index is 1220. The second kappa shape index (κ2) is 7.67. The molecule has 0 spiro atoms. The first-order valence-electron chi connectivity index (χ1n) is 10.3. The van der Waals surface area contributed by atoms with E-state index in [1.54, 1.807) is 0 Å². The van der Waals surface area contributed by atoms with Crippen LogP contribution in [-0.2, 0) is 24.1 Å². The van der Waals surface area contributed by atoms with Crippen LogP contribution >= 0.6 is 23.1 Å². The van der Waals surface area contributed by atoms with E-state index in [1.165, 1.54) is 34.2 Å². The summed E-state index contributed by atoms with van der Waals surface area (Å²) >= 11 is 2.79. The van der Waals surface area contributed by atoms with Crippen molar-refractivity contribution in [3.05, 3.63) is 56.4 Å². The van der Waals surface area contributed by atoms with Gasteiger partial charge in [-0.05, 0) is 68.0 Å². The van der Waals surface area contributed by atoms with Crippen LogP contribution in [0.15, 0.2) is 29.2 Å². The molecule has 3 heterocycles. The molecule has 152 valence electrons. The Hall–Kier alpha value is -2.44. The van der Waals surface area contributed by atoms with E-state index >= 15 is 0 Å². The van der Waals surface area contributed by atoms with Crippen LogP contribution in [0.2, 0.25) is 0 Å². The standard InChI is InChI=1S/C24H22N2O2S2/c1-3-17-16(12-19-22(27)26-24(28)30-19)20(14-10-8-13(2)9-11-14)21-15-6-4-5-7-18(15)29-23(21)25-17/h8-12H,3-7H2,1-2H3,(H,26,27,28)/b19-12+. The molecule has 30 heavy (non-hydrogen) atoms. The molecule has 4 nitrogen and oxygen atoms in total. The Morgan fingerprint density at radius 1 is 1.13 bits per heavy atom. The molecule has 2 amide bonds. The molecule has 3 aromatic rings. The molecule has 6 heteroatoms. The van der Waals surface area contributed by atoms with E-state index in [0.29, 0.717) is 4.91 Å². The molecule has 0 radical (unpaired) electrons. The number of imide groups is 1. The van der Waals surface area contributed by atoms with Crippen LogP contribution in [-0.4, -0.2) is 16.1 Å². The van der Waals surface area contributed by atoms with Crippen molar-refractivity contribution < 1.29 is 9.59 Å². The minimum absolute atomic E-state index is 0.317. The van der Waals surface area contributed by atoms with Gasteiger partial charge in [0, 0.05) is 27.1 Å². The van der Waals surface area contributed by atoms with Gasteiger partial charge in [0.25, 0.3) is 11.1 Å². The number of hydrogen-bond acceptors (Lipinski definition) is 5. The van der Waals surface area contributed by atoms with Gasteiger partial charge in [0.1, 0.15) is 4.83 Å². The number of nitrogens with zero attached hydrogens (tertiary/aromatic N) is 1. The van der Waals surface area contributed by atoms with Gasteiger partial charge in [-0.15, -0.1) is 11.3 Å². The molecule has 2 aliphatic rings. The predicted octanol–water partition coefficient (Wildman–Crippen LogP) is 6.04. The minimum atomic E-state index is -0.325. The smallest absolute Gasteiger partial charge is 0.282 e. The maximum Gasteiger partial charge on any atom is 0.290 e. The Morgan fingerprint density at radius 2 is 1.90 bits per heavy atom. The number of pyridine rings is 1. The van der Waals surface area contributed by atoms with Crippen molar-refractivity contribution in [2.75, 3.05) is 0 Å². The summed E-state index contributed by atoms with van der Waals surface area (Å²) in [4.78, 5) is 32.0. The maximum atomic E-state index is 12.3. The molecule has 0 saturated carbocycles. The van der Waals surface area contributed by atoms with E-state index < -0.39 is 0 Å². The van der Waals surface area contributed by atoms with E-state index in [0.717, 1.165) is 58.2 Å². The molecule has 2 aromatic heterocycles. The molecule has 0 atom stereocenters. The van der Waals surface area contributed by atoms with Crippen LogP contribution in [0, 0.1) is 6.92 Å². The number of aryl methyl sites for hydroxylation is 4. The van der Waals surface area contributed by atoms with Crippen molar-refractivity contribution in [2.45, 2.75) is 46.0 Å². The highest BCUT2D eigenvalue weighted by atomic mass is 32.2. The molecular weight excluding hydrogens is 412 g/mol. The number of rotatable bonds is 3. The number of nitrogens with one attached hydrogen (secondary N) is 1.